The fourth-order valence-corrected chi connectivity index (χ4v) is 4.05. The number of fused-ring (bicyclic) bond motifs is 1. The van der Waals surface area contributed by atoms with E-state index in [-0.39, 0.29) is 29.6 Å². The molecule has 5 nitrogen and oxygen atoms in total. The van der Waals surface area contributed by atoms with Gasteiger partial charge >= 0.3 is 0 Å². The minimum atomic E-state index is -0.222. The summed E-state index contributed by atoms with van der Waals surface area (Å²) in [5.74, 6) is -0.799. The number of aryl methyl sites for hydroxylation is 1. The van der Waals surface area contributed by atoms with Gasteiger partial charge in [-0.25, -0.2) is 4.90 Å². The number of hydrogen-bond acceptors (Lipinski definition) is 3. The summed E-state index contributed by atoms with van der Waals surface area (Å²) in [7, 11) is 0. The lowest BCUT2D eigenvalue weighted by Gasteiger charge is -2.19. The summed E-state index contributed by atoms with van der Waals surface area (Å²) in [6, 6.07) is 14.3. The smallest absolute Gasteiger partial charge is 0.255 e. The van der Waals surface area contributed by atoms with E-state index in [9.17, 15) is 14.4 Å². The van der Waals surface area contributed by atoms with Crippen LogP contribution in [0.4, 0.5) is 11.4 Å². The highest BCUT2D eigenvalue weighted by Crippen LogP contribution is 2.40. The first kappa shape index (κ1) is 17.5. The van der Waals surface area contributed by atoms with Crippen molar-refractivity contribution in [1.82, 2.24) is 0 Å². The molecule has 2 atom stereocenters. The van der Waals surface area contributed by atoms with Crippen molar-refractivity contribution in [3.8, 4) is 0 Å². The first-order valence-corrected chi connectivity index (χ1v) is 9.40. The quantitative estimate of drug-likeness (QED) is 0.842. The number of amides is 3. The number of anilines is 2. The summed E-state index contributed by atoms with van der Waals surface area (Å²) in [6.45, 7) is 1.97. The molecule has 0 radical (unpaired) electrons. The average Bonchev–Trinajstić information content (AvgIpc) is 2.93. The molecular formula is C22H22N2O3. The fraction of sp³-hybridized carbons (Fsp3) is 0.318. The van der Waals surface area contributed by atoms with Gasteiger partial charge < -0.3 is 5.32 Å². The van der Waals surface area contributed by atoms with Crippen LogP contribution in [0, 0.1) is 18.8 Å². The minimum Gasteiger partial charge on any atom is -0.322 e. The summed E-state index contributed by atoms with van der Waals surface area (Å²) in [4.78, 5) is 39.3. The van der Waals surface area contributed by atoms with Crippen molar-refractivity contribution in [3.05, 3.63) is 59.7 Å². The zero-order valence-electron chi connectivity index (χ0n) is 15.3. The van der Waals surface area contributed by atoms with Crippen LogP contribution >= 0.6 is 0 Å². The van der Waals surface area contributed by atoms with E-state index in [1.54, 1.807) is 36.4 Å². The van der Waals surface area contributed by atoms with Gasteiger partial charge in [0.05, 0.1) is 17.5 Å². The van der Waals surface area contributed by atoms with Crippen molar-refractivity contribution in [2.45, 2.75) is 32.6 Å². The molecule has 1 heterocycles. The topological polar surface area (TPSA) is 66.5 Å². The SMILES string of the molecule is Cc1ccc(C(=O)Nc2cccc(N3C(=O)[C@H]4CCCC[C@@H]4C3=O)c2)cc1. The Balaban J connectivity index is 1.56. The molecule has 0 spiro atoms. The number of nitrogens with zero attached hydrogens (tertiary/aromatic N) is 1. The van der Waals surface area contributed by atoms with Crippen LogP contribution in [0.1, 0.15) is 41.6 Å². The molecule has 1 N–H and O–H groups in total. The van der Waals surface area contributed by atoms with Crippen LogP contribution in [0.15, 0.2) is 48.5 Å². The lowest BCUT2D eigenvalue weighted by atomic mass is 9.81. The second-order valence-corrected chi connectivity index (χ2v) is 7.38. The number of benzene rings is 2. The maximum atomic E-state index is 12.8. The van der Waals surface area contributed by atoms with Crippen molar-refractivity contribution >= 4 is 29.1 Å². The van der Waals surface area contributed by atoms with E-state index >= 15 is 0 Å². The van der Waals surface area contributed by atoms with E-state index < -0.39 is 0 Å². The van der Waals surface area contributed by atoms with Crippen LogP contribution in [-0.4, -0.2) is 17.7 Å². The molecule has 1 aliphatic carbocycles. The predicted molar refractivity (Wildman–Crippen MR) is 104 cm³/mol. The Morgan fingerprint density at radius 2 is 1.59 bits per heavy atom. The molecular weight excluding hydrogens is 340 g/mol. The first-order chi connectivity index (χ1) is 13.0. The molecule has 138 valence electrons. The third-order valence-corrected chi connectivity index (χ3v) is 5.52. The Bertz CT molecular complexity index is 880. The number of imide groups is 1. The second-order valence-electron chi connectivity index (χ2n) is 7.38. The molecule has 3 amide bonds. The predicted octanol–water partition coefficient (Wildman–Crippen LogP) is 3.93. The average molecular weight is 362 g/mol. The van der Waals surface area contributed by atoms with Crippen molar-refractivity contribution in [2.75, 3.05) is 10.2 Å². The van der Waals surface area contributed by atoms with Gasteiger partial charge in [-0.1, -0.05) is 36.6 Å². The van der Waals surface area contributed by atoms with E-state index in [1.807, 2.05) is 19.1 Å². The number of nitrogens with one attached hydrogen (secondary N) is 1. The molecule has 0 bridgehead atoms. The molecule has 5 heteroatoms. The van der Waals surface area contributed by atoms with Gasteiger partial charge in [0.2, 0.25) is 11.8 Å². The molecule has 2 fully saturated rings. The molecule has 4 rings (SSSR count). The Hall–Kier alpha value is -2.95. The van der Waals surface area contributed by atoms with Crippen LogP contribution < -0.4 is 10.2 Å². The molecule has 1 saturated carbocycles. The molecule has 2 aromatic carbocycles. The zero-order chi connectivity index (χ0) is 19.0. The highest BCUT2D eigenvalue weighted by Gasteiger charge is 2.48. The van der Waals surface area contributed by atoms with Crippen LogP contribution in [-0.2, 0) is 9.59 Å². The summed E-state index contributed by atoms with van der Waals surface area (Å²) >= 11 is 0. The van der Waals surface area contributed by atoms with Crippen molar-refractivity contribution in [1.29, 1.82) is 0 Å². The second kappa shape index (κ2) is 6.99. The van der Waals surface area contributed by atoms with Crippen LogP contribution in [0.2, 0.25) is 0 Å². The van der Waals surface area contributed by atoms with E-state index in [0.717, 1.165) is 31.2 Å². The Morgan fingerprint density at radius 1 is 0.963 bits per heavy atom. The maximum absolute atomic E-state index is 12.8. The van der Waals surface area contributed by atoms with Crippen molar-refractivity contribution in [3.63, 3.8) is 0 Å². The summed E-state index contributed by atoms with van der Waals surface area (Å²) in [6.07, 6.45) is 3.58. The zero-order valence-corrected chi connectivity index (χ0v) is 15.3. The summed E-state index contributed by atoms with van der Waals surface area (Å²) in [5, 5.41) is 2.85. The van der Waals surface area contributed by atoms with Gasteiger partial charge in [0.1, 0.15) is 0 Å². The molecule has 27 heavy (non-hydrogen) atoms. The Labute approximate surface area is 158 Å². The Morgan fingerprint density at radius 3 is 2.22 bits per heavy atom. The van der Waals surface area contributed by atoms with E-state index in [2.05, 4.69) is 5.32 Å². The van der Waals surface area contributed by atoms with Crippen molar-refractivity contribution < 1.29 is 14.4 Å². The standard InChI is InChI=1S/C22H22N2O3/c1-14-9-11-15(12-10-14)20(25)23-16-5-4-6-17(13-16)24-21(26)18-7-2-3-8-19(18)22(24)27/h4-6,9-13,18-19H,2-3,7-8H2,1H3,(H,23,25)/t18-,19-/m0/s1. The normalized spacial score (nSPS) is 21.9. The minimum absolute atomic E-state index is 0.105. The fourth-order valence-electron chi connectivity index (χ4n) is 4.05. The summed E-state index contributed by atoms with van der Waals surface area (Å²) in [5.41, 5.74) is 2.74. The van der Waals surface area contributed by atoms with Crippen LogP contribution in [0.3, 0.4) is 0 Å². The first-order valence-electron chi connectivity index (χ1n) is 9.40. The highest BCUT2D eigenvalue weighted by molar-refractivity contribution is 6.22. The molecule has 0 aromatic heterocycles. The van der Waals surface area contributed by atoms with Crippen LogP contribution in [0.5, 0.6) is 0 Å². The number of rotatable bonds is 3. The number of carbonyl (C=O) groups is 3. The van der Waals surface area contributed by atoms with Gasteiger partial charge in [0.15, 0.2) is 0 Å². The number of carbonyl (C=O) groups excluding carboxylic acids is 3. The van der Waals surface area contributed by atoms with Gasteiger partial charge in [0, 0.05) is 11.3 Å². The molecule has 2 aromatic rings. The maximum Gasteiger partial charge on any atom is 0.255 e. The van der Waals surface area contributed by atoms with E-state index in [4.69, 9.17) is 0 Å². The highest BCUT2D eigenvalue weighted by atomic mass is 16.2. The van der Waals surface area contributed by atoms with E-state index in [0.29, 0.717) is 16.9 Å². The van der Waals surface area contributed by atoms with Crippen LogP contribution in [0.25, 0.3) is 0 Å². The molecule has 1 saturated heterocycles. The van der Waals surface area contributed by atoms with Gasteiger partial charge in [-0.15, -0.1) is 0 Å². The Kier molecular flexibility index (Phi) is 4.52. The van der Waals surface area contributed by atoms with Gasteiger partial charge in [0.25, 0.3) is 5.91 Å². The lowest BCUT2D eigenvalue weighted by molar-refractivity contribution is -0.122. The largest absolute Gasteiger partial charge is 0.322 e. The number of hydrogen-bond donors (Lipinski definition) is 1. The monoisotopic (exact) mass is 362 g/mol. The van der Waals surface area contributed by atoms with E-state index in [1.165, 1.54) is 4.90 Å². The van der Waals surface area contributed by atoms with Crippen molar-refractivity contribution in [2.24, 2.45) is 11.8 Å². The molecule has 0 unspecified atom stereocenters. The molecule has 1 aliphatic heterocycles. The van der Waals surface area contributed by atoms with Gasteiger partial charge in [-0.05, 0) is 50.1 Å². The summed E-state index contributed by atoms with van der Waals surface area (Å²) < 4.78 is 0. The van der Waals surface area contributed by atoms with Gasteiger partial charge in [-0.3, -0.25) is 14.4 Å². The third-order valence-electron chi connectivity index (χ3n) is 5.52. The molecule has 2 aliphatic rings. The lowest BCUT2D eigenvalue weighted by Crippen LogP contribution is -2.30. The third kappa shape index (κ3) is 3.25. The van der Waals surface area contributed by atoms with Gasteiger partial charge in [-0.2, -0.15) is 0 Å².